The second-order valence-corrected chi connectivity index (χ2v) is 7.61. The largest absolute Gasteiger partial charge is 0.496 e. The summed E-state index contributed by atoms with van der Waals surface area (Å²) in [4.78, 5) is 17.1. The van der Waals surface area contributed by atoms with Crippen LogP contribution in [0.25, 0.3) is 11.3 Å². The summed E-state index contributed by atoms with van der Waals surface area (Å²) in [6.07, 6.45) is 1.58. The van der Waals surface area contributed by atoms with Crippen LogP contribution >= 0.6 is 23.4 Å². The second kappa shape index (κ2) is 10.6. The van der Waals surface area contributed by atoms with E-state index in [0.29, 0.717) is 33.8 Å². The molecule has 1 aromatic heterocycles. The lowest BCUT2D eigenvalue weighted by Gasteiger charge is -2.12. The van der Waals surface area contributed by atoms with E-state index in [1.165, 1.54) is 0 Å². The van der Waals surface area contributed by atoms with E-state index in [0.717, 1.165) is 5.56 Å². The van der Waals surface area contributed by atoms with Gasteiger partial charge in [-0.3, -0.25) is 20.6 Å². The van der Waals surface area contributed by atoms with Gasteiger partial charge in [0.2, 0.25) is 0 Å². The van der Waals surface area contributed by atoms with Gasteiger partial charge in [0.15, 0.2) is 5.17 Å². The van der Waals surface area contributed by atoms with E-state index in [2.05, 4.69) is 10.3 Å². The predicted molar refractivity (Wildman–Crippen MR) is 123 cm³/mol. The first-order valence-corrected chi connectivity index (χ1v) is 10.3. The lowest BCUT2D eigenvalue weighted by atomic mass is 10.0. The lowest BCUT2D eigenvalue weighted by Crippen LogP contribution is -2.29. The maximum Gasteiger partial charge on any atom is 0.259 e. The molecule has 0 spiro atoms. The Hall–Kier alpha value is -3.36. The Morgan fingerprint density at radius 3 is 2.58 bits per heavy atom. The Labute approximate surface area is 188 Å². The zero-order valence-corrected chi connectivity index (χ0v) is 18.1. The smallest absolute Gasteiger partial charge is 0.259 e. The highest BCUT2D eigenvalue weighted by molar-refractivity contribution is 8.26. The maximum atomic E-state index is 12.8. The van der Waals surface area contributed by atoms with E-state index in [1.807, 2.05) is 12.1 Å². The number of hydrogen-bond donors (Lipinski definition) is 3. The number of thioether (sulfide) groups is 1. The molecule has 0 fully saturated rings. The van der Waals surface area contributed by atoms with E-state index >= 15 is 0 Å². The van der Waals surface area contributed by atoms with E-state index in [1.54, 1.807) is 61.8 Å². The third kappa shape index (κ3) is 6.07. The first kappa shape index (κ1) is 22.3. The molecule has 0 unspecified atom stereocenters. The summed E-state index contributed by atoms with van der Waals surface area (Å²) in [5, 5.41) is 18.5. The molecular formula is C22H19ClN4O3S. The van der Waals surface area contributed by atoms with Gasteiger partial charge in [-0.25, -0.2) is 0 Å². The Kier molecular flexibility index (Phi) is 7.64. The van der Waals surface area contributed by atoms with Crippen molar-refractivity contribution in [2.75, 3.05) is 7.11 Å². The normalized spacial score (nSPS) is 10.3. The van der Waals surface area contributed by atoms with Crippen LogP contribution in [0.4, 0.5) is 0 Å². The van der Waals surface area contributed by atoms with Gasteiger partial charge >= 0.3 is 0 Å². The van der Waals surface area contributed by atoms with Crippen LogP contribution in [0, 0.1) is 10.8 Å². The minimum Gasteiger partial charge on any atom is -0.496 e. The molecule has 0 aliphatic heterocycles. The minimum absolute atomic E-state index is 0.158. The average Bonchev–Trinajstić information content (AvgIpc) is 2.78. The fourth-order valence-corrected chi connectivity index (χ4v) is 3.26. The van der Waals surface area contributed by atoms with Gasteiger partial charge in [0.1, 0.15) is 12.4 Å². The molecule has 1 amide bonds. The van der Waals surface area contributed by atoms with Crippen molar-refractivity contribution in [3.8, 4) is 17.0 Å². The zero-order valence-electron chi connectivity index (χ0n) is 16.5. The van der Waals surface area contributed by atoms with Crippen LogP contribution in [-0.2, 0) is 11.3 Å². The topological polar surface area (TPSA) is 108 Å². The number of carbonyl (C=O) groups excluding carboxylic acids is 1. The van der Waals surface area contributed by atoms with E-state index in [9.17, 15) is 4.79 Å². The predicted octanol–water partition coefficient (Wildman–Crippen LogP) is 4.96. The molecule has 158 valence electrons. The lowest BCUT2D eigenvalue weighted by molar-refractivity contribution is 0.0978. The molecule has 0 atom stereocenters. The number of halogens is 1. The van der Waals surface area contributed by atoms with Crippen LogP contribution in [-0.4, -0.2) is 28.4 Å². The van der Waals surface area contributed by atoms with Crippen LogP contribution in [0.5, 0.6) is 5.75 Å². The monoisotopic (exact) mass is 454 g/mol. The highest BCUT2D eigenvalue weighted by atomic mass is 35.5. The maximum absolute atomic E-state index is 12.8. The summed E-state index contributed by atoms with van der Waals surface area (Å²) in [7, 11) is 1.55. The molecule has 0 radical (unpaired) electrons. The van der Waals surface area contributed by atoms with Crippen LogP contribution in [0.15, 0.2) is 66.9 Å². The molecule has 0 bridgehead atoms. The summed E-state index contributed by atoms with van der Waals surface area (Å²) in [6.45, 7) is 0.158. The number of nitrogens with zero attached hydrogens (tertiary/aromatic N) is 1. The van der Waals surface area contributed by atoms with Gasteiger partial charge in [-0.1, -0.05) is 35.9 Å². The molecule has 3 aromatic rings. The van der Waals surface area contributed by atoms with E-state index in [-0.39, 0.29) is 22.6 Å². The first-order chi connectivity index (χ1) is 15.0. The van der Waals surface area contributed by atoms with Crippen molar-refractivity contribution in [2.45, 2.75) is 6.61 Å². The van der Waals surface area contributed by atoms with Crippen molar-refractivity contribution in [2.24, 2.45) is 0 Å². The second-order valence-electron chi connectivity index (χ2n) is 6.19. The Bertz CT molecular complexity index is 1110. The summed E-state index contributed by atoms with van der Waals surface area (Å²) in [5.74, 6) is 0.0640. The van der Waals surface area contributed by atoms with Gasteiger partial charge < -0.3 is 14.8 Å². The number of methoxy groups -OCH3 is 1. The third-order valence-electron chi connectivity index (χ3n) is 4.12. The summed E-state index contributed by atoms with van der Waals surface area (Å²) in [5.41, 5.74) is 2.21. The van der Waals surface area contributed by atoms with Crippen molar-refractivity contribution in [3.63, 3.8) is 0 Å². The number of pyridine rings is 1. The number of hydrogen-bond acceptors (Lipinski definition) is 7. The van der Waals surface area contributed by atoms with Crippen LogP contribution < -0.4 is 10.1 Å². The van der Waals surface area contributed by atoms with Crippen LogP contribution in [0.1, 0.15) is 15.9 Å². The molecule has 2 aromatic carbocycles. The molecule has 3 rings (SSSR count). The molecule has 0 aliphatic rings. The number of para-hydroxylation sites is 1. The van der Waals surface area contributed by atoms with Gasteiger partial charge in [-0.2, -0.15) is 0 Å². The fourth-order valence-electron chi connectivity index (χ4n) is 2.69. The number of ether oxygens (including phenoxy) is 2. The Morgan fingerprint density at radius 2 is 1.84 bits per heavy atom. The van der Waals surface area contributed by atoms with Crippen molar-refractivity contribution < 1.29 is 14.3 Å². The summed E-state index contributed by atoms with van der Waals surface area (Å²) in [6, 6.07) is 17.5. The summed E-state index contributed by atoms with van der Waals surface area (Å²) >= 11 is 6.54. The van der Waals surface area contributed by atoms with Gasteiger partial charge in [0, 0.05) is 28.5 Å². The standard InChI is InChI=1S/C22H19ClN4O3S/c1-29-18-7-3-2-5-16(18)19-17(6-4-12-26-19)20(28)27-21(24)31-22(25)30-13-14-8-10-15(23)11-9-14/h2-12,25H,13H2,1H3,(H2,24,27,28). The number of rotatable bonds is 5. The van der Waals surface area contributed by atoms with Gasteiger partial charge in [0.25, 0.3) is 11.1 Å². The molecule has 0 saturated heterocycles. The average molecular weight is 455 g/mol. The summed E-state index contributed by atoms with van der Waals surface area (Å²) < 4.78 is 10.7. The number of benzene rings is 2. The van der Waals surface area contributed by atoms with Crippen molar-refractivity contribution >= 4 is 39.7 Å². The van der Waals surface area contributed by atoms with Gasteiger partial charge in [-0.05, 0) is 42.0 Å². The van der Waals surface area contributed by atoms with E-state index in [4.69, 9.17) is 31.9 Å². The van der Waals surface area contributed by atoms with Crippen molar-refractivity contribution in [3.05, 3.63) is 83.0 Å². The first-order valence-electron chi connectivity index (χ1n) is 9.10. The third-order valence-corrected chi connectivity index (χ3v) is 4.98. The molecule has 0 aliphatic carbocycles. The molecule has 0 saturated carbocycles. The minimum atomic E-state index is -0.517. The van der Waals surface area contributed by atoms with Gasteiger partial charge in [-0.15, -0.1) is 0 Å². The molecule has 31 heavy (non-hydrogen) atoms. The number of nitrogens with one attached hydrogen (secondary N) is 3. The number of carbonyl (C=O) groups is 1. The fraction of sp³-hybridized carbons (Fsp3) is 0.0909. The molecule has 1 heterocycles. The van der Waals surface area contributed by atoms with Crippen LogP contribution in [0.2, 0.25) is 5.02 Å². The molecule has 3 N–H and O–H groups in total. The van der Waals surface area contributed by atoms with Crippen molar-refractivity contribution in [1.82, 2.24) is 10.3 Å². The molecular weight excluding hydrogens is 436 g/mol. The number of amides is 1. The van der Waals surface area contributed by atoms with Gasteiger partial charge in [0.05, 0.1) is 18.4 Å². The Morgan fingerprint density at radius 1 is 1.10 bits per heavy atom. The van der Waals surface area contributed by atoms with E-state index < -0.39 is 5.91 Å². The molecule has 7 nitrogen and oxygen atoms in total. The quantitative estimate of drug-likeness (QED) is 0.373. The number of amidine groups is 1. The van der Waals surface area contributed by atoms with Crippen molar-refractivity contribution in [1.29, 1.82) is 10.8 Å². The SMILES string of the molecule is COc1ccccc1-c1ncccc1C(=O)NC(=N)SC(=N)OCc1ccc(Cl)cc1. The van der Waals surface area contributed by atoms with Crippen LogP contribution in [0.3, 0.4) is 0 Å². The highest BCUT2D eigenvalue weighted by Gasteiger charge is 2.18. The number of aromatic nitrogens is 1. The zero-order chi connectivity index (χ0) is 22.2. The Balaban J connectivity index is 1.63. The highest BCUT2D eigenvalue weighted by Crippen LogP contribution is 2.30. The molecule has 9 heteroatoms.